The van der Waals surface area contributed by atoms with Gasteiger partial charge in [-0.15, -0.1) is 0 Å². The maximum atomic E-state index is 13.2. The third-order valence-corrected chi connectivity index (χ3v) is 10.4. The van der Waals surface area contributed by atoms with E-state index in [1.807, 2.05) is 24.3 Å². The predicted molar refractivity (Wildman–Crippen MR) is 249 cm³/mol. The lowest BCUT2D eigenvalue weighted by atomic mass is 10.0. The molecule has 0 aliphatic heterocycles. The molecule has 0 radical (unpaired) electrons. The van der Waals surface area contributed by atoms with Crippen LogP contribution in [-0.2, 0) is 49.6 Å². The van der Waals surface area contributed by atoms with E-state index >= 15 is 0 Å². The fourth-order valence-corrected chi connectivity index (χ4v) is 6.62. The van der Waals surface area contributed by atoms with Crippen LogP contribution in [0.15, 0.2) is 35.5 Å². The summed E-state index contributed by atoms with van der Waals surface area (Å²) < 4.78 is 0. The van der Waals surface area contributed by atoms with E-state index in [9.17, 15) is 63.6 Å². The summed E-state index contributed by atoms with van der Waals surface area (Å²) in [4.78, 5) is 123. The number of nitrogens with two attached hydrogens (primary N) is 3. The number of aliphatic hydroxyl groups excluding tert-OH is 3. The highest BCUT2D eigenvalue weighted by Gasteiger charge is 2.34. The number of aromatic nitrogens is 1. The predicted octanol–water partition coefficient (Wildman–Crippen LogP) is -5.95. The molecule has 68 heavy (non-hydrogen) atoms. The molecule has 2 rings (SSSR count). The van der Waals surface area contributed by atoms with Crippen molar-refractivity contribution in [3.05, 3.63) is 36.0 Å². The summed E-state index contributed by atoms with van der Waals surface area (Å²) in [5.41, 5.74) is 18.2. The van der Waals surface area contributed by atoms with Crippen molar-refractivity contribution in [2.45, 2.75) is 108 Å². The molecule has 0 aliphatic carbocycles. The van der Waals surface area contributed by atoms with Crippen LogP contribution in [0.1, 0.15) is 52.5 Å². The molecule has 0 saturated heterocycles. The van der Waals surface area contributed by atoms with Crippen molar-refractivity contribution in [2.75, 3.05) is 32.1 Å². The first-order valence-corrected chi connectivity index (χ1v) is 22.1. The second-order valence-electron chi connectivity index (χ2n) is 16.2. The van der Waals surface area contributed by atoms with Gasteiger partial charge in [0.25, 0.3) is 0 Å². The first-order chi connectivity index (χ1) is 32.0. The van der Waals surface area contributed by atoms with E-state index < -0.39 is 127 Å². The second kappa shape index (κ2) is 28.6. The Hall–Kier alpha value is -6.55. The number of fused-ring (bicyclic) bond motifs is 1. The summed E-state index contributed by atoms with van der Waals surface area (Å²) in [5.74, 6) is -9.64. The van der Waals surface area contributed by atoms with Crippen molar-refractivity contribution in [1.29, 1.82) is 0 Å². The van der Waals surface area contributed by atoms with Crippen LogP contribution in [-0.4, -0.2) is 171 Å². The van der Waals surface area contributed by atoms with E-state index in [1.54, 1.807) is 20.0 Å². The number of guanidine groups is 1. The Labute approximate surface area is 396 Å². The Morgan fingerprint density at radius 2 is 1.29 bits per heavy atom. The number of carbonyl (C=O) groups is 9. The van der Waals surface area contributed by atoms with Gasteiger partial charge in [-0.05, 0) is 57.1 Å². The molecular weight excluding hydrogens is 915 g/mol. The Morgan fingerprint density at radius 3 is 1.88 bits per heavy atom. The number of para-hydroxylation sites is 1. The average molecular weight is 980 g/mol. The number of carboxylic acids is 1. The minimum Gasteiger partial charge on any atom is -0.480 e. The maximum Gasteiger partial charge on any atom is 0.326 e. The van der Waals surface area contributed by atoms with Gasteiger partial charge in [-0.3, -0.25) is 43.3 Å². The topological polar surface area (TPSA) is 437 Å². The van der Waals surface area contributed by atoms with E-state index in [2.05, 4.69) is 65.1 Å². The van der Waals surface area contributed by atoms with Crippen LogP contribution in [0.3, 0.4) is 0 Å². The zero-order valence-corrected chi connectivity index (χ0v) is 39.0. The van der Waals surface area contributed by atoms with Crippen molar-refractivity contribution in [2.24, 2.45) is 28.1 Å². The van der Waals surface area contributed by atoms with Gasteiger partial charge in [-0.2, -0.15) is 12.6 Å². The maximum absolute atomic E-state index is 13.2. The Balaban J connectivity index is 1.96. The third-order valence-electron chi connectivity index (χ3n) is 10.1. The van der Waals surface area contributed by atoms with Crippen molar-refractivity contribution in [1.82, 2.24) is 47.5 Å². The van der Waals surface area contributed by atoms with Gasteiger partial charge in [-0.25, -0.2) is 4.79 Å². The van der Waals surface area contributed by atoms with Gasteiger partial charge < -0.3 is 85.1 Å². The van der Waals surface area contributed by atoms with E-state index in [4.69, 9.17) is 17.2 Å². The molecule has 27 heteroatoms. The molecule has 0 saturated carbocycles. The summed E-state index contributed by atoms with van der Waals surface area (Å²) in [6.07, 6.45) is 0.445. The number of benzene rings is 1. The molecule has 26 nitrogen and oxygen atoms in total. The minimum atomic E-state index is -1.71. The van der Waals surface area contributed by atoms with Gasteiger partial charge in [0.15, 0.2) is 5.96 Å². The van der Waals surface area contributed by atoms with E-state index in [0.717, 1.165) is 23.4 Å². The lowest BCUT2D eigenvalue weighted by Crippen LogP contribution is -2.61. The number of carboxylic acid groups (broad SMARTS) is 1. The number of aliphatic hydroxyl groups is 3. The number of rotatable bonds is 29. The smallest absolute Gasteiger partial charge is 0.326 e. The fraction of sp³-hybridized carbons (Fsp3) is 0.561. The number of aromatic amines is 1. The van der Waals surface area contributed by atoms with Gasteiger partial charge in [0, 0.05) is 29.4 Å². The molecule has 0 spiro atoms. The lowest BCUT2D eigenvalue weighted by Gasteiger charge is -2.26. The molecular formula is C41H65N13O13S. The number of hydrogen-bond donors (Lipinski definition) is 17. The molecule has 0 unspecified atom stereocenters. The highest BCUT2D eigenvalue weighted by molar-refractivity contribution is 7.80. The zero-order valence-electron chi connectivity index (χ0n) is 38.1. The number of thiol groups is 1. The molecule has 2 aromatic rings. The van der Waals surface area contributed by atoms with E-state index in [0.29, 0.717) is 0 Å². The number of H-pyrrole nitrogens is 1. The molecule has 19 N–H and O–H groups in total. The number of amides is 8. The van der Waals surface area contributed by atoms with Gasteiger partial charge in [0.1, 0.15) is 42.3 Å². The van der Waals surface area contributed by atoms with Gasteiger partial charge in [-0.1, -0.05) is 32.0 Å². The first-order valence-electron chi connectivity index (χ1n) is 21.5. The number of hydrogen-bond acceptors (Lipinski definition) is 15. The van der Waals surface area contributed by atoms with E-state index in [-0.39, 0.29) is 49.9 Å². The third kappa shape index (κ3) is 19.0. The average Bonchev–Trinajstić information content (AvgIpc) is 3.69. The number of carbonyl (C=O) groups excluding carboxylic acids is 8. The van der Waals surface area contributed by atoms with Crippen LogP contribution in [0.4, 0.5) is 0 Å². The SMILES string of the molecule is CC(C)C[C@H](NC(=O)[C@H](CO)NC(=O)[C@@H](N)Cc1c[nH]c2ccccc12)C(=O)NCC(=O)N[C@@H](CO)C(=O)N[C@@H](C)C(=O)N[C@H](C(=O)N[C@@H](CS)C(=O)N[C@@H](CCCN=C(N)N)C(=O)O)[C@@H](C)O. The van der Waals surface area contributed by atoms with Gasteiger partial charge in [0.2, 0.25) is 47.3 Å². The summed E-state index contributed by atoms with van der Waals surface area (Å²) in [6.45, 7) is 3.36. The monoisotopic (exact) mass is 979 g/mol. The van der Waals surface area contributed by atoms with Crippen molar-refractivity contribution in [3.8, 4) is 0 Å². The summed E-state index contributed by atoms with van der Waals surface area (Å²) in [7, 11) is 0. The molecule has 0 fully saturated rings. The molecule has 1 aromatic carbocycles. The fourth-order valence-electron chi connectivity index (χ4n) is 6.36. The minimum absolute atomic E-state index is 0.0620. The van der Waals surface area contributed by atoms with Crippen LogP contribution in [0, 0.1) is 5.92 Å². The largest absolute Gasteiger partial charge is 0.480 e. The summed E-state index contributed by atoms with van der Waals surface area (Å²) in [6, 6.07) is -4.09. The van der Waals surface area contributed by atoms with Crippen LogP contribution >= 0.6 is 12.6 Å². The summed E-state index contributed by atoms with van der Waals surface area (Å²) in [5, 5.41) is 59.0. The number of aliphatic carboxylic acids is 1. The Morgan fingerprint density at radius 1 is 0.721 bits per heavy atom. The van der Waals surface area contributed by atoms with E-state index in [1.165, 1.54) is 6.92 Å². The van der Waals surface area contributed by atoms with Crippen LogP contribution in [0.2, 0.25) is 0 Å². The van der Waals surface area contributed by atoms with Gasteiger partial charge in [0.05, 0.1) is 31.9 Å². The summed E-state index contributed by atoms with van der Waals surface area (Å²) >= 11 is 4.04. The second-order valence-corrected chi connectivity index (χ2v) is 16.5. The molecule has 0 aliphatic rings. The normalized spacial score (nSPS) is 15.1. The zero-order chi connectivity index (χ0) is 51.2. The molecule has 9 atom stereocenters. The van der Waals surface area contributed by atoms with Crippen LogP contribution < -0.4 is 59.7 Å². The first kappa shape index (κ1) is 57.6. The van der Waals surface area contributed by atoms with Gasteiger partial charge >= 0.3 is 5.97 Å². The molecule has 1 aromatic heterocycles. The highest BCUT2D eigenvalue weighted by atomic mass is 32.1. The standard InChI is InChI=1S/C41H65N13O13S/c1-19(2)12-27(51-37(63)29(17-56)52-34(60)24(42)13-22-14-46-25-9-6-5-8-23(22)25)35(61)47-15-31(58)49-28(16-55)36(62)48-20(3)33(59)54-32(21(4)57)39(65)53-30(18-68)38(64)50-26(40(66)67)10-7-11-45-41(43)44/h5-6,8-9,14,19-21,24,26-30,32,46,55-57,68H,7,10-13,15-18,42H2,1-4H3,(H,47,61)(H,48,62)(H,49,58)(H,50,64)(H,51,63)(H,52,60)(H,53,65)(H,54,59)(H,66,67)(H4,43,44,45)/t20-,21+,24-,26-,27-,28-,29-,30-,32-/m0/s1. The molecule has 1 heterocycles. The van der Waals surface area contributed by atoms with Crippen LogP contribution in [0.5, 0.6) is 0 Å². The highest BCUT2D eigenvalue weighted by Crippen LogP contribution is 2.19. The van der Waals surface area contributed by atoms with Crippen molar-refractivity contribution >= 4 is 82.7 Å². The van der Waals surface area contributed by atoms with Crippen molar-refractivity contribution in [3.63, 3.8) is 0 Å². The van der Waals surface area contributed by atoms with Crippen molar-refractivity contribution < 1.29 is 63.6 Å². The molecule has 8 amide bonds. The number of aliphatic imine (C=N–C) groups is 1. The Kier molecular flexibility index (Phi) is 24.2. The van der Waals surface area contributed by atoms with Crippen LogP contribution in [0.25, 0.3) is 10.9 Å². The quantitative estimate of drug-likeness (QED) is 0.0156. The Bertz CT molecular complexity index is 2100. The lowest BCUT2D eigenvalue weighted by molar-refractivity contribution is -0.142. The number of nitrogens with zero attached hydrogens (tertiary/aromatic N) is 1. The molecule has 378 valence electrons. The molecule has 0 bridgehead atoms. The number of nitrogens with one attached hydrogen (secondary N) is 9.